The van der Waals surface area contributed by atoms with E-state index in [0.29, 0.717) is 13.0 Å². The lowest BCUT2D eigenvalue weighted by molar-refractivity contribution is -0.123. The number of nitrogens with one attached hydrogen (secondary N) is 3. The number of sulfonamides is 1. The molecule has 8 nitrogen and oxygen atoms in total. The molecule has 3 rings (SSSR count). The SMILES string of the molecule is CCS(=O)(=O)N1CC(NC(=O)NCCc2ccccc2)C(=O)NC2(CCCC2)C1. The molecule has 9 heteroatoms. The second-order valence-electron chi connectivity index (χ2n) is 7.86. The van der Waals surface area contributed by atoms with E-state index in [1.165, 1.54) is 4.31 Å². The first-order valence-corrected chi connectivity index (χ1v) is 11.8. The molecule has 1 saturated carbocycles. The van der Waals surface area contributed by atoms with Gasteiger partial charge in [0.15, 0.2) is 0 Å². The van der Waals surface area contributed by atoms with E-state index in [4.69, 9.17) is 0 Å². The maximum Gasteiger partial charge on any atom is 0.315 e. The van der Waals surface area contributed by atoms with Gasteiger partial charge in [-0.05, 0) is 31.7 Å². The van der Waals surface area contributed by atoms with Crippen LogP contribution in [0.25, 0.3) is 0 Å². The molecular weight excluding hydrogens is 392 g/mol. The fraction of sp³-hybridized carbons (Fsp3) is 0.600. The topological polar surface area (TPSA) is 108 Å². The van der Waals surface area contributed by atoms with Crippen molar-refractivity contribution in [2.45, 2.75) is 50.6 Å². The second-order valence-corrected chi connectivity index (χ2v) is 10.1. The Morgan fingerprint density at radius 2 is 1.93 bits per heavy atom. The van der Waals surface area contributed by atoms with Crippen LogP contribution in [0.5, 0.6) is 0 Å². The fourth-order valence-corrected chi connectivity index (χ4v) is 5.28. The molecule has 1 aliphatic heterocycles. The quantitative estimate of drug-likeness (QED) is 0.635. The normalized spacial score (nSPS) is 22.1. The molecule has 1 saturated heterocycles. The number of rotatable bonds is 6. The minimum Gasteiger partial charge on any atom is -0.348 e. The molecule has 29 heavy (non-hydrogen) atoms. The number of urea groups is 1. The van der Waals surface area contributed by atoms with E-state index in [9.17, 15) is 18.0 Å². The van der Waals surface area contributed by atoms with Crippen LogP contribution in [0.4, 0.5) is 4.79 Å². The van der Waals surface area contributed by atoms with E-state index >= 15 is 0 Å². The summed E-state index contributed by atoms with van der Waals surface area (Å²) in [7, 11) is -3.48. The summed E-state index contributed by atoms with van der Waals surface area (Å²) in [5.41, 5.74) is 0.572. The first kappa shape index (κ1) is 21.6. The Morgan fingerprint density at radius 1 is 1.24 bits per heavy atom. The molecule has 1 aromatic rings. The van der Waals surface area contributed by atoms with E-state index in [0.717, 1.165) is 31.2 Å². The van der Waals surface area contributed by atoms with E-state index < -0.39 is 27.6 Å². The van der Waals surface area contributed by atoms with Crippen LogP contribution >= 0.6 is 0 Å². The summed E-state index contributed by atoms with van der Waals surface area (Å²) >= 11 is 0. The van der Waals surface area contributed by atoms with E-state index in [-0.39, 0.29) is 24.7 Å². The average Bonchev–Trinajstić information content (AvgIpc) is 3.09. The monoisotopic (exact) mass is 422 g/mol. The highest BCUT2D eigenvalue weighted by atomic mass is 32.2. The summed E-state index contributed by atoms with van der Waals surface area (Å²) in [5.74, 6) is -0.355. The van der Waals surface area contributed by atoms with Crippen molar-refractivity contribution >= 4 is 22.0 Å². The molecular formula is C20H30N4O4S. The van der Waals surface area contributed by atoms with Crippen LogP contribution in [0.3, 0.4) is 0 Å². The highest BCUT2D eigenvalue weighted by molar-refractivity contribution is 7.89. The van der Waals surface area contributed by atoms with Crippen molar-refractivity contribution in [2.75, 3.05) is 25.4 Å². The molecule has 1 spiro atoms. The zero-order valence-electron chi connectivity index (χ0n) is 16.8. The van der Waals surface area contributed by atoms with Gasteiger partial charge >= 0.3 is 6.03 Å². The number of benzene rings is 1. The third-order valence-corrected chi connectivity index (χ3v) is 7.53. The van der Waals surface area contributed by atoms with Crippen LogP contribution in [-0.4, -0.2) is 61.6 Å². The van der Waals surface area contributed by atoms with Crippen molar-refractivity contribution in [3.8, 4) is 0 Å². The van der Waals surface area contributed by atoms with Crippen molar-refractivity contribution in [3.63, 3.8) is 0 Å². The second kappa shape index (κ2) is 9.13. The van der Waals surface area contributed by atoms with Crippen molar-refractivity contribution < 1.29 is 18.0 Å². The van der Waals surface area contributed by atoms with Gasteiger partial charge in [0.25, 0.3) is 0 Å². The molecule has 1 atom stereocenters. The summed E-state index contributed by atoms with van der Waals surface area (Å²) in [6.45, 7) is 2.24. The minimum atomic E-state index is -3.48. The standard InChI is InChI=1S/C20H30N4O4S/c1-2-29(27,28)24-14-17(18(25)23-20(15-24)11-6-7-12-20)22-19(26)21-13-10-16-8-4-3-5-9-16/h3-5,8-9,17H,2,6-7,10-15H2,1H3,(H,23,25)(H2,21,22,26). The Morgan fingerprint density at radius 3 is 2.59 bits per heavy atom. The van der Waals surface area contributed by atoms with E-state index in [2.05, 4.69) is 16.0 Å². The zero-order valence-corrected chi connectivity index (χ0v) is 17.6. The largest absolute Gasteiger partial charge is 0.348 e. The minimum absolute atomic E-state index is 0.0345. The lowest BCUT2D eigenvalue weighted by atomic mass is 9.98. The van der Waals surface area contributed by atoms with Gasteiger partial charge in [-0.2, -0.15) is 4.31 Å². The Balaban J connectivity index is 1.63. The van der Waals surface area contributed by atoms with Crippen molar-refractivity contribution in [2.24, 2.45) is 0 Å². The maximum atomic E-state index is 12.8. The highest BCUT2D eigenvalue weighted by Crippen LogP contribution is 2.32. The summed E-state index contributed by atoms with van der Waals surface area (Å²) in [5, 5.41) is 8.44. The number of hydrogen-bond acceptors (Lipinski definition) is 4. The van der Waals surface area contributed by atoms with Gasteiger partial charge in [-0.15, -0.1) is 0 Å². The molecule has 160 valence electrons. The number of carbonyl (C=O) groups excluding carboxylic acids is 2. The van der Waals surface area contributed by atoms with Gasteiger partial charge < -0.3 is 16.0 Å². The van der Waals surface area contributed by atoms with Crippen LogP contribution in [0.2, 0.25) is 0 Å². The predicted octanol–water partition coefficient (Wildman–Crippen LogP) is 0.991. The Labute approximate surface area is 172 Å². The number of nitrogens with zero attached hydrogens (tertiary/aromatic N) is 1. The third kappa shape index (κ3) is 5.48. The summed E-state index contributed by atoms with van der Waals surface area (Å²) in [6.07, 6.45) is 4.09. The van der Waals surface area contributed by atoms with E-state index in [1.807, 2.05) is 30.3 Å². The van der Waals surface area contributed by atoms with Crippen molar-refractivity contribution in [1.29, 1.82) is 0 Å². The third-order valence-electron chi connectivity index (χ3n) is 5.74. The molecule has 1 unspecified atom stereocenters. The number of hydrogen-bond donors (Lipinski definition) is 3. The molecule has 3 N–H and O–H groups in total. The first-order valence-electron chi connectivity index (χ1n) is 10.2. The average molecular weight is 423 g/mol. The van der Waals surface area contributed by atoms with Gasteiger partial charge in [0.05, 0.1) is 11.3 Å². The van der Waals surface area contributed by atoms with E-state index in [1.54, 1.807) is 6.92 Å². The van der Waals surface area contributed by atoms with Crippen molar-refractivity contribution in [3.05, 3.63) is 35.9 Å². The van der Waals surface area contributed by atoms with Gasteiger partial charge in [0, 0.05) is 19.6 Å². The Hall–Kier alpha value is -2.13. The molecule has 0 aromatic heterocycles. The molecule has 2 aliphatic rings. The summed E-state index contributed by atoms with van der Waals surface area (Å²) < 4.78 is 26.5. The van der Waals surface area contributed by atoms with Crippen LogP contribution in [0.15, 0.2) is 30.3 Å². The molecule has 1 aromatic carbocycles. The molecule has 2 fully saturated rings. The predicted molar refractivity (Wildman–Crippen MR) is 111 cm³/mol. The van der Waals surface area contributed by atoms with Crippen LogP contribution < -0.4 is 16.0 Å². The first-order chi connectivity index (χ1) is 13.8. The van der Waals surface area contributed by atoms with Gasteiger partial charge in [0.1, 0.15) is 6.04 Å². The molecule has 0 bridgehead atoms. The zero-order chi connectivity index (χ0) is 20.9. The maximum absolute atomic E-state index is 12.8. The summed E-state index contributed by atoms with van der Waals surface area (Å²) in [4.78, 5) is 25.1. The Kier molecular flexibility index (Phi) is 6.79. The van der Waals surface area contributed by atoms with Gasteiger partial charge in [-0.1, -0.05) is 43.2 Å². The van der Waals surface area contributed by atoms with Gasteiger partial charge in [-0.3, -0.25) is 4.79 Å². The molecule has 1 aliphatic carbocycles. The molecule has 1 heterocycles. The lowest BCUT2D eigenvalue weighted by Crippen LogP contribution is -2.55. The van der Waals surface area contributed by atoms with Gasteiger partial charge in [-0.25, -0.2) is 13.2 Å². The lowest BCUT2D eigenvalue weighted by Gasteiger charge is -2.32. The smallest absolute Gasteiger partial charge is 0.315 e. The van der Waals surface area contributed by atoms with Crippen LogP contribution in [-0.2, 0) is 21.2 Å². The van der Waals surface area contributed by atoms with Crippen LogP contribution in [0, 0.1) is 0 Å². The van der Waals surface area contributed by atoms with Crippen LogP contribution in [0.1, 0.15) is 38.2 Å². The van der Waals surface area contributed by atoms with Gasteiger partial charge in [0.2, 0.25) is 15.9 Å². The number of carbonyl (C=O) groups is 2. The number of amides is 3. The fourth-order valence-electron chi connectivity index (χ4n) is 4.09. The van der Waals surface area contributed by atoms with Crippen molar-refractivity contribution in [1.82, 2.24) is 20.3 Å². The molecule has 3 amide bonds. The summed E-state index contributed by atoms with van der Waals surface area (Å²) in [6, 6.07) is 8.37. The highest BCUT2D eigenvalue weighted by Gasteiger charge is 2.44. The Bertz CT molecular complexity index is 822. The molecule has 0 radical (unpaired) electrons.